The fourth-order valence-corrected chi connectivity index (χ4v) is 3.05. The fraction of sp³-hybridized carbons (Fsp3) is 0.235. The van der Waals surface area contributed by atoms with Crippen molar-refractivity contribution in [2.24, 2.45) is 0 Å². The smallest absolute Gasteiger partial charge is 0.351 e. The van der Waals surface area contributed by atoms with Crippen LogP contribution in [0.4, 0.5) is 32.0 Å². The lowest BCUT2D eigenvalue weighted by Gasteiger charge is -2.10. The molecule has 0 spiro atoms. The molecule has 0 unspecified atom stereocenters. The standard InChI is InChI=1S/C17H12F6N2O3S/c18-16(19,20)11-3-1-2-10(6-11)8-24-15(26)9-29-14-5-4-12(17(21,22)23)7-13(14)25(27)28/h1-7H,8-9H2,(H,24,26). The van der Waals surface area contributed by atoms with Crippen LogP contribution in [0.5, 0.6) is 0 Å². The summed E-state index contributed by atoms with van der Waals surface area (Å²) < 4.78 is 76.0. The maximum Gasteiger partial charge on any atom is 0.416 e. The predicted octanol–water partition coefficient (Wildman–Crippen LogP) is 5.04. The molecule has 2 aromatic carbocycles. The zero-order chi connectivity index (χ0) is 21.8. The van der Waals surface area contributed by atoms with Crippen LogP contribution >= 0.6 is 11.8 Å². The molecule has 29 heavy (non-hydrogen) atoms. The van der Waals surface area contributed by atoms with Gasteiger partial charge in [0.25, 0.3) is 5.69 Å². The van der Waals surface area contributed by atoms with E-state index in [4.69, 9.17) is 0 Å². The van der Waals surface area contributed by atoms with Crippen molar-refractivity contribution >= 4 is 23.4 Å². The molecular formula is C17H12F6N2O3S. The van der Waals surface area contributed by atoms with Gasteiger partial charge in [0, 0.05) is 12.6 Å². The van der Waals surface area contributed by atoms with E-state index in [0.29, 0.717) is 23.9 Å². The molecule has 5 nitrogen and oxygen atoms in total. The number of benzene rings is 2. The molecule has 0 bridgehead atoms. The van der Waals surface area contributed by atoms with E-state index in [0.717, 1.165) is 18.2 Å². The van der Waals surface area contributed by atoms with Gasteiger partial charge in [-0.25, -0.2) is 0 Å². The second-order valence-corrected chi connectivity index (χ2v) is 6.72. The molecule has 0 radical (unpaired) electrons. The van der Waals surface area contributed by atoms with Gasteiger partial charge in [-0.15, -0.1) is 11.8 Å². The first-order valence-electron chi connectivity index (χ1n) is 7.79. The van der Waals surface area contributed by atoms with Crippen LogP contribution in [-0.2, 0) is 23.7 Å². The summed E-state index contributed by atoms with van der Waals surface area (Å²) in [7, 11) is 0. The number of carbonyl (C=O) groups excluding carboxylic acids is 1. The quantitative estimate of drug-likeness (QED) is 0.297. The average Bonchev–Trinajstić information content (AvgIpc) is 2.63. The molecule has 1 amide bonds. The van der Waals surface area contributed by atoms with Crippen molar-refractivity contribution in [3.05, 3.63) is 69.3 Å². The number of alkyl halides is 6. The number of nitrogens with zero attached hydrogens (tertiary/aromatic N) is 1. The molecule has 0 saturated heterocycles. The summed E-state index contributed by atoms with van der Waals surface area (Å²) in [5.74, 6) is -1.02. The summed E-state index contributed by atoms with van der Waals surface area (Å²) in [5, 5.41) is 13.4. The molecule has 0 fully saturated rings. The zero-order valence-electron chi connectivity index (χ0n) is 14.3. The van der Waals surface area contributed by atoms with E-state index < -0.39 is 40.0 Å². The van der Waals surface area contributed by atoms with Gasteiger partial charge in [-0.3, -0.25) is 14.9 Å². The summed E-state index contributed by atoms with van der Waals surface area (Å²) >= 11 is 0.644. The Morgan fingerprint density at radius 3 is 2.21 bits per heavy atom. The minimum absolute atomic E-state index is 0.141. The lowest BCUT2D eigenvalue weighted by Crippen LogP contribution is -2.24. The molecule has 2 rings (SSSR count). The zero-order valence-corrected chi connectivity index (χ0v) is 15.1. The highest BCUT2D eigenvalue weighted by Gasteiger charge is 2.33. The van der Waals surface area contributed by atoms with Gasteiger partial charge >= 0.3 is 12.4 Å². The molecule has 0 aliphatic carbocycles. The third-order valence-electron chi connectivity index (χ3n) is 3.59. The Morgan fingerprint density at radius 2 is 1.62 bits per heavy atom. The van der Waals surface area contributed by atoms with Gasteiger partial charge in [-0.1, -0.05) is 12.1 Å². The molecule has 12 heteroatoms. The Kier molecular flexibility index (Phi) is 6.77. The number of hydrogen-bond acceptors (Lipinski definition) is 4. The number of halogens is 6. The van der Waals surface area contributed by atoms with E-state index >= 15 is 0 Å². The Hall–Kier alpha value is -2.76. The first-order valence-corrected chi connectivity index (χ1v) is 8.78. The highest BCUT2D eigenvalue weighted by molar-refractivity contribution is 8.00. The van der Waals surface area contributed by atoms with Crippen molar-refractivity contribution in [3.8, 4) is 0 Å². The molecule has 0 aromatic heterocycles. The maximum absolute atomic E-state index is 12.7. The predicted molar refractivity (Wildman–Crippen MR) is 92.1 cm³/mol. The van der Waals surface area contributed by atoms with Crippen LogP contribution in [0.25, 0.3) is 0 Å². The van der Waals surface area contributed by atoms with Gasteiger partial charge in [0.05, 0.1) is 26.7 Å². The number of carbonyl (C=O) groups is 1. The highest BCUT2D eigenvalue weighted by Crippen LogP contribution is 2.36. The summed E-state index contributed by atoms with van der Waals surface area (Å²) in [6.45, 7) is -0.210. The Morgan fingerprint density at radius 1 is 1.00 bits per heavy atom. The molecular weight excluding hydrogens is 426 g/mol. The maximum atomic E-state index is 12.7. The lowest BCUT2D eigenvalue weighted by atomic mass is 10.1. The Balaban J connectivity index is 2.00. The van der Waals surface area contributed by atoms with Crippen LogP contribution in [0.1, 0.15) is 16.7 Å². The number of hydrogen-bond donors (Lipinski definition) is 1. The monoisotopic (exact) mass is 438 g/mol. The van der Waals surface area contributed by atoms with Crippen LogP contribution in [0.3, 0.4) is 0 Å². The molecule has 0 atom stereocenters. The summed E-state index contributed by atoms with van der Waals surface area (Å²) in [6, 6.07) is 6.25. The average molecular weight is 438 g/mol. The number of rotatable bonds is 6. The fourth-order valence-electron chi connectivity index (χ4n) is 2.21. The van der Waals surface area contributed by atoms with Crippen LogP contribution in [0.2, 0.25) is 0 Å². The van der Waals surface area contributed by atoms with E-state index in [-0.39, 0.29) is 22.8 Å². The van der Waals surface area contributed by atoms with Crippen molar-refractivity contribution in [1.82, 2.24) is 5.32 Å². The molecule has 0 saturated carbocycles. The van der Waals surface area contributed by atoms with Crippen molar-refractivity contribution < 1.29 is 36.1 Å². The normalized spacial score (nSPS) is 11.9. The van der Waals surface area contributed by atoms with Crippen molar-refractivity contribution in [2.75, 3.05) is 5.75 Å². The highest BCUT2D eigenvalue weighted by atomic mass is 32.2. The van der Waals surface area contributed by atoms with Gasteiger partial charge in [0.15, 0.2) is 0 Å². The molecule has 0 heterocycles. The van der Waals surface area contributed by atoms with Crippen LogP contribution in [0, 0.1) is 10.1 Å². The number of nitro groups is 1. The van der Waals surface area contributed by atoms with Crippen LogP contribution < -0.4 is 5.32 Å². The van der Waals surface area contributed by atoms with Crippen molar-refractivity contribution in [3.63, 3.8) is 0 Å². The lowest BCUT2D eigenvalue weighted by molar-refractivity contribution is -0.388. The van der Waals surface area contributed by atoms with Gasteiger partial charge in [0.1, 0.15) is 0 Å². The summed E-state index contributed by atoms with van der Waals surface area (Å²) in [5.41, 5.74) is -2.67. The van der Waals surface area contributed by atoms with Crippen LogP contribution in [-0.4, -0.2) is 16.6 Å². The Bertz CT molecular complexity index is 915. The van der Waals surface area contributed by atoms with E-state index in [2.05, 4.69) is 5.32 Å². The Labute approximate surface area is 164 Å². The van der Waals surface area contributed by atoms with Crippen molar-refractivity contribution in [2.45, 2.75) is 23.8 Å². The molecule has 2 aromatic rings. The topological polar surface area (TPSA) is 72.2 Å². The third-order valence-corrected chi connectivity index (χ3v) is 4.65. The van der Waals surface area contributed by atoms with Crippen molar-refractivity contribution in [1.29, 1.82) is 0 Å². The molecule has 156 valence electrons. The number of nitro benzene ring substituents is 1. The third kappa shape index (κ3) is 6.38. The largest absolute Gasteiger partial charge is 0.416 e. The molecule has 0 aliphatic rings. The van der Waals surface area contributed by atoms with Gasteiger partial charge < -0.3 is 5.32 Å². The minimum Gasteiger partial charge on any atom is -0.351 e. The number of nitrogens with one attached hydrogen (secondary N) is 1. The second-order valence-electron chi connectivity index (χ2n) is 5.70. The second kappa shape index (κ2) is 8.72. The van der Waals surface area contributed by atoms with E-state index in [9.17, 15) is 41.3 Å². The van der Waals surface area contributed by atoms with Crippen LogP contribution in [0.15, 0.2) is 47.4 Å². The van der Waals surface area contributed by atoms with Gasteiger partial charge in [-0.2, -0.15) is 26.3 Å². The molecule has 0 aliphatic heterocycles. The first-order chi connectivity index (χ1) is 13.4. The van der Waals surface area contributed by atoms with E-state index in [1.54, 1.807) is 0 Å². The van der Waals surface area contributed by atoms with Gasteiger partial charge in [0.2, 0.25) is 5.91 Å². The number of thioether (sulfide) groups is 1. The SMILES string of the molecule is O=C(CSc1ccc(C(F)(F)F)cc1[N+](=O)[O-])NCc1cccc(C(F)(F)F)c1. The number of amides is 1. The molecule has 1 N–H and O–H groups in total. The van der Waals surface area contributed by atoms with Gasteiger partial charge in [-0.05, 0) is 29.8 Å². The summed E-state index contributed by atoms with van der Waals surface area (Å²) in [6.07, 6.45) is -9.28. The minimum atomic E-state index is -4.75. The van der Waals surface area contributed by atoms with E-state index in [1.807, 2.05) is 0 Å². The first kappa shape index (κ1) is 22.5. The van der Waals surface area contributed by atoms with E-state index in [1.165, 1.54) is 12.1 Å². The summed E-state index contributed by atoms with van der Waals surface area (Å²) in [4.78, 5) is 21.7.